The summed E-state index contributed by atoms with van der Waals surface area (Å²) in [5, 5.41) is 5.81. The molecule has 2 atom stereocenters. The summed E-state index contributed by atoms with van der Waals surface area (Å²) in [6, 6.07) is 23.5. The fourth-order valence-electron chi connectivity index (χ4n) is 4.33. The summed E-state index contributed by atoms with van der Waals surface area (Å²) in [7, 11) is 0. The molecule has 3 aromatic rings. The Morgan fingerprint density at radius 1 is 0.944 bits per heavy atom. The zero-order valence-electron chi connectivity index (χ0n) is 20.7. The van der Waals surface area contributed by atoms with E-state index in [2.05, 4.69) is 10.6 Å². The summed E-state index contributed by atoms with van der Waals surface area (Å²) in [5.74, 6) is -0.395. The number of cyclic esters (lactones) is 1. The normalized spacial score (nSPS) is 17.1. The van der Waals surface area contributed by atoms with E-state index in [1.165, 1.54) is 4.90 Å². The van der Waals surface area contributed by atoms with E-state index >= 15 is 0 Å². The molecule has 3 aromatic carbocycles. The Bertz CT molecular complexity index is 1220. The van der Waals surface area contributed by atoms with Crippen molar-refractivity contribution in [3.8, 4) is 0 Å². The molecule has 4 rings (SSSR count). The molecule has 0 radical (unpaired) electrons. The predicted molar refractivity (Wildman–Crippen MR) is 138 cm³/mol. The number of aryl methyl sites for hydroxylation is 1. The van der Waals surface area contributed by atoms with Crippen molar-refractivity contribution in [2.75, 3.05) is 5.32 Å². The zero-order chi connectivity index (χ0) is 25.7. The maximum Gasteiger partial charge on any atom is 0.411 e. The van der Waals surface area contributed by atoms with Gasteiger partial charge in [-0.2, -0.15) is 0 Å². The van der Waals surface area contributed by atoms with E-state index in [0.717, 1.165) is 16.7 Å². The van der Waals surface area contributed by atoms with Crippen LogP contribution in [0.1, 0.15) is 42.2 Å². The number of hydrogen-bond donors (Lipinski definition) is 2. The zero-order valence-corrected chi connectivity index (χ0v) is 20.7. The van der Waals surface area contributed by atoms with E-state index in [9.17, 15) is 14.4 Å². The van der Waals surface area contributed by atoms with Gasteiger partial charge in [-0.1, -0.05) is 72.3 Å². The van der Waals surface area contributed by atoms with Crippen LogP contribution < -0.4 is 10.6 Å². The van der Waals surface area contributed by atoms with Crippen molar-refractivity contribution in [2.45, 2.75) is 51.9 Å². The van der Waals surface area contributed by atoms with Crippen LogP contribution in [0.5, 0.6) is 0 Å². The Hall–Kier alpha value is -4.13. The fraction of sp³-hybridized carbons (Fsp3) is 0.276. The monoisotopic (exact) mass is 485 g/mol. The van der Waals surface area contributed by atoms with Crippen molar-refractivity contribution < 1.29 is 19.1 Å². The van der Waals surface area contributed by atoms with Gasteiger partial charge in [0.25, 0.3) is 0 Å². The number of nitrogens with zero attached hydrogens (tertiary/aromatic N) is 1. The smallest absolute Gasteiger partial charge is 0.411 e. The third-order valence-electron chi connectivity index (χ3n) is 5.95. The summed E-state index contributed by atoms with van der Waals surface area (Å²) >= 11 is 0. The van der Waals surface area contributed by atoms with Crippen LogP contribution in [0.3, 0.4) is 0 Å². The molecule has 1 aliphatic rings. The minimum atomic E-state index is -0.820. The quantitative estimate of drug-likeness (QED) is 0.481. The van der Waals surface area contributed by atoms with Gasteiger partial charge in [0, 0.05) is 11.7 Å². The molecule has 36 heavy (non-hydrogen) atoms. The number of anilines is 1. The molecule has 2 unspecified atom stereocenters. The molecule has 1 heterocycles. The molecule has 1 aliphatic heterocycles. The number of benzene rings is 3. The van der Waals surface area contributed by atoms with Gasteiger partial charge in [0.2, 0.25) is 11.8 Å². The third-order valence-corrected chi connectivity index (χ3v) is 5.95. The van der Waals surface area contributed by atoms with Crippen LogP contribution >= 0.6 is 0 Å². The number of carbonyl (C=O) groups excluding carboxylic acids is 3. The van der Waals surface area contributed by atoms with E-state index in [-0.39, 0.29) is 30.8 Å². The van der Waals surface area contributed by atoms with E-state index in [1.807, 2.05) is 75.4 Å². The summed E-state index contributed by atoms with van der Waals surface area (Å²) in [6.45, 7) is 6.00. The highest BCUT2D eigenvalue weighted by atomic mass is 16.6. The second-order valence-electron chi connectivity index (χ2n) is 9.36. The molecule has 3 amide bonds. The Labute approximate surface area is 211 Å². The SMILES string of the molecule is Cc1cccc(CN2C(=O)OC(c3ccc(NC(=O)Cc4ccccc4)cc3)C2C(=O)NC(C)C)c1. The molecule has 7 heteroatoms. The Kier molecular flexibility index (Phi) is 7.68. The second-order valence-corrected chi connectivity index (χ2v) is 9.36. The molecule has 0 spiro atoms. The van der Waals surface area contributed by atoms with Crippen molar-refractivity contribution in [3.05, 3.63) is 101 Å². The molecule has 0 aromatic heterocycles. The number of amides is 3. The average molecular weight is 486 g/mol. The van der Waals surface area contributed by atoms with Crippen molar-refractivity contribution in [3.63, 3.8) is 0 Å². The van der Waals surface area contributed by atoms with Gasteiger partial charge in [0.05, 0.1) is 13.0 Å². The van der Waals surface area contributed by atoms with Crippen LogP contribution in [0.25, 0.3) is 0 Å². The second kappa shape index (κ2) is 11.1. The minimum Gasteiger partial charge on any atom is -0.438 e. The standard InChI is InChI=1S/C29H31N3O4/c1-19(2)30-28(34)26-27(36-29(35)32(26)18-22-11-7-8-20(3)16-22)23-12-14-24(15-13-23)31-25(33)17-21-9-5-4-6-10-21/h4-16,19,26-27H,17-18H2,1-3H3,(H,30,34)(H,31,33). The molecular weight excluding hydrogens is 454 g/mol. The molecule has 2 N–H and O–H groups in total. The van der Waals surface area contributed by atoms with Gasteiger partial charge in [-0.05, 0) is 49.6 Å². The van der Waals surface area contributed by atoms with Crippen LogP contribution in [0.2, 0.25) is 0 Å². The fourth-order valence-corrected chi connectivity index (χ4v) is 4.33. The van der Waals surface area contributed by atoms with Crippen LogP contribution in [-0.4, -0.2) is 34.9 Å². The molecule has 7 nitrogen and oxygen atoms in total. The largest absolute Gasteiger partial charge is 0.438 e. The Morgan fingerprint density at radius 3 is 2.31 bits per heavy atom. The molecule has 0 aliphatic carbocycles. The number of rotatable bonds is 8. The molecule has 0 saturated carbocycles. The van der Waals surface area contributed by atoms with Crippen LogP contribution in [-0.2, 0) is 27.3 Å². The van der Waals surface area contributed by atoms with Gasteiger partial charge in [-0.3, -0.25) is 14.5 Å². The molecule has 0 bridgehead atoms. The topological polar surface area (TPSA) is 87.7 Å². The first-order chi connectivity index (χ1) is 17.3. The van der Waals surface area contributed by atoms with E-state index in [1.54, 1.807) is 24.3 Å². The van der Waals surface area contributed by atoms with Gasteiger partial charge in [0.15, 0.2) is 12.1 Å². The van der Waals surface area contributed by atoms with Crippen LogP contribution in [0.15, 0.2) is 78.9 Å². The Balaban J connectivity index is 1.51. The summed E-state index contributed by atoms with van der Waals surface area (Å²) in [6.07, 6.45) is -1.03. The number of ether oxygens (including phenoxy) is 1. The molecular formula is C29H31N3O4. The lowest BCUT2D eigenvalue weighted by atomic mass is 10.00. The van der Waals surface area contributed by atoms with Crippen LogP contribution in [0.4, 0.5) is 10.5 Å². The van der Waals surface area contributed by atoms with Gasteiger partial charge in [-0.15, -0.1) is 0 Å². The molecule has 1 fully saturated rings. The summed E-state index contributed by atoms with van der Waals surface area (Å²) < 4.78 is 5.72. The highest BCUT2D eigenvalue weighted by Crippen LogP contribution is 2.34. The van der Waals surface area contributed by atoms with E-state index in [4.69, 9.17) is 4.74 Å². The first-order valence-electron chi connectivity index (χ1n) is 12.1. The molecule has 186 valence electrons. The average Bonchev–Trinajstić information content (AvgIpc) is 3.15. The third kappa shape index (κ3) is 6.10. The Morgan fingerprint density at radius 2 is 1.64 bits per heavy atom. The van der Waals surface area contributed by atoms with Crippen molar-refractivity contribution in [1.29, 1.82) is 0 Å². The van der Waals surface area contributed by atoms with Gasteiger partial charge < -0.3 is 15.4 Å². The minimum absolute atomic E-state index is 0.0862. The van der Waals surface area contributed by atoms with Crippen LogP contribution in [0, 0.1) is 6.92 Å². The lowest BCUT2D eigenvalue weighted by Gasteiger charge is -2.25. The summed E-state index contributed by atoms with van der Waals surface area (Å²) in [5.41, 5.74) is 4.23. The van der Waals surface area contributed by atoms with Crippen molar-refractivity contribution >= 4 is 23.6 Å². The van der Waals surface area contributed by atoms with Gasteiger partial charge in [0.1, 0.15) is 0 Å². The maximum absolute atomic E-state index is 13.2. The van der Waals surface area contributed by atoms with E-state index < -0.39 is 18.2 Å². The van der Waals surface area contributed by atoms with Crippen molar-refractivity contribution in [2.24, 2.45) is 0 Å². The van der Waals surface area contributed by atoms with E-state index in [0.29, 0.717) is 11.3 Å². The first-order valence-corrected chi connectivity index (χ1v) is 12.1. The predicted octanol–water partition coefficient (Wildman–Crippen LogP) is 4.76. The highest BCUT2D eigenvalue weighted by molar-refractivity contribution is 5.92. The highest BCUT2D eigenvalue weighted by Gasteiger charge is 2.47. The lowest BCUT2D eigenvalue weighted by molar-refractivity contribution is -0.126. The van der Waals surface area contributed by atoms with Gasteiger partial charge >= 0.3 is 6.09 Å². The first kappa shape index (κ1) is 25.0. The number of nitrogens with one attached hydrogen (secondary N) is 2. The number of hydrogen-bond acceptors (Lipinski definition) is 4. The van der Waals surface area contributed by atoms with Crippen molar-refractivity contribution in [1.82, 2.24) is 10.2 Å². The maximum atomic E-state index is 13.2. The lowest BCUT2D eigenvalue weighted by Crippen LogP contribution is -2.48. The molecule has 1 saturated heterocycles. The number of carbonyl (C=O) groups is 3. The summed E-state index contributed by atoms with van der Waals surface area (Å²) in [4.78, 5) is 40.0. The van der Waals surface area contributed by atoms with Gasteiger partial charge in [-0.25, -0.2) is 4.79 Å².